The quantitative estimate of drug-likeness (QED) is 0.649. The molecule has 3 rings (SSSR count). The molecule has 2 aromatic heterocycles. The predicted octanol–water partition coefficient (Wildman–Crippen LogP) is 1.95. The SMILES string of the molecule is Cc1nc2sccn2c1C1(C)CO1. The van der Waals surface area contributed by atoms with Crippen molar-refractivity contribution in [3.05, 3.63) is 23.0 Å². The van der Waals surface area contributed by atoms with Gasteiger partial charge in [-0.15, -0.1) is 11.3 Å². The lowest BCUT2D eigenvalue weighted by atomic mass is 10.1. The van der Waals surface area contributed by atoms with Crippen LogP contribution in [0.1, 0.15) is 18.3 Å². The number of thiazole rings is 1. The number of ether oxygens (including phenoxy) is 1. The van der Waals surface area contributed by atoms with Crippen molar-refractivity contribution in [1.82, 2.24) is 9.38 Å². The second-order valence-corrected chi connectivity index (χ2v) is 4.49. The maximum atomic E-state index is 5.44. The molecule has 1 aliphatic heterocycles. The Morgan fingerprint density at radius 3 is 3.15 bits per heavy atom. The molecular formula is C9H10N2OS. The van der Waals surface area contributed by atoms with Gasteiger partial charge in [0.1, 0.15) is 5.60 Å². The molecule has 1 atom stereocenters. The summed E-state index contributed by atoms with van der Waals surface area (Å²) in [7, 11) is 0. The first kappa shape index (κ1) is 7.53. The van der Waals surface area contributed by atoms with Gasteiger partial charge in [-0.05, 0) is 13.8 Å². The highest BCUT2D eigenvalue weighted by Crippen LogP contribution is 2.40. The lowest BCUT2D eigenvalue weighted by molar-refractivity contribution is 0.321. The Labute approximate surface area is 80.0 Å². The van der Waals surface area contributed by atoms with Gasteiger partial charge in [-0.1, -0.05) is 0 Å². The van der Waals surface area contributed by atoms with E-state index in [1.807, 2.05) is 6.92 Å². The van der Waals surface area contributed by atoms with Crippen molar-refractivity contribution in [2.75, 3.05) is 6.61 Å². The van der Waals surface area contributed by atoms with Gasteiger partial charge in [-0.25, -0.2) is 4.98 Å². The van der Waals surface area contributed by atoms with Crippen LogP contribution in [0.3, 0.4) is 0 Å². The van der Waals surface area contributed by atoms with E-state index in [-0.39, 0.29) is 5.60 Å². The third kappa shape index (κ3) is 0.899. The smallest absolute Gasteiger partial charge is 0.194 e. The van der Waals surface area contributed by atoms with Crippen LogP contribution in [0.2, 0.25) is 0 Å². The number of rotatable bonds is 1. The Hall–Kier alpha value is -0.870. The minimum atomic E-state index is -0.0788. The van der Waals surface area contributed by atoms with Crippen LogP contribution in [0, 0.1) is 6.92 Å². The average Bonchev–Trinajstić information content (AvgIpc) is 2.55. The van der Waals surface area contributed by atoms with Crippen molar-refractivity contribution in [2.45, 2.75) is 19.4 Å². The number of epoxide rings is 1. The number of hydrogen-bond acceptors (Lipinski definition) is 3. The monoisotopic (exact) mass is 194 g/mol. The molecule has 0 spiro atoms. The Morgan fingerprint density at radius 2 is 2.46 bits per heavy atom. The molecule has 68 valence electrons. The molecule has 1 unspecified atom stereocenters. The first-order chi connectivity index (χ1) is 6.21. The third-order valence-corrected chi connectivity index (χ3v) is 3.27. The summed E-state index contributed by atoms with van der Waals surface area (Å²) in [6.45, 7) is 4.97. The first-order valence-electron chi connectivity index (χ1n) is 4.27. The van der Waals surface area contributed by atoms with Crippen LogP contribution < -0.4 is 0 Å². The number of imidazole rings is 1. The molecule has 1 fully saturated rings. The van der Waals surface area contributed by atoms with Gasteiger partial charge in [0.15, 0.2) is 4.96 Å². The van der Waals surface area contributed by atoms with E-state index in [2.05, 4.69) is 27.9 Å². The highest BCUT2D eigenvalue weighted by atomic mass is 32.1. The van der Waals surface area contributed by atoms with Gasteiger partial charge < -0.3 is 4.74 Å². The zero-order chi connectivity index (χ0) is 9.05. The van der Waals surface area contributed by atoms with Gasteiger partial charge in [-0.3, -0.25) is 4.40 Å². The summed E-state index contributed by atoms with van der Waals surface area (Å²) >= 11 is 1.66. The maximum absolute atomic E-state index is 5.44. The van der Waals surface area contributed by atoms with Gasteiger partial charge in [0.05, 0.1) is 18.0 Å². The Kier molecular flexibility index (Phi) is 1.24. The fourth-order valence-electron chi connectivity index (χ4n) is 1.78. The van der Waals surface area contributed by atoms with Gasteiger partial charge in [0.2, 0.25) is 0 Å². The van der Waals surface area contributed by atoms with E-state index in [9.17, 15) is 0 Å². The van der Waals surface area contributed by atoms with Crippen molar-refractivity contribution in [1.29, 1.82) is 0 Å². The van der Waals surface area contributed by atoms with Crippen LogP contribution in [-0.4, -0.2) is 16.0 Å². The van der Waals surface area contributed by atoms with E-state index < -0.39 is 0 Å². The predicted molar refractivity (Wildman–Crippen MR) is 51.1 cm³/mol. The summed E-state index contributed by atoms with van der Waals surface area (Å²) in [6.07, 6.45) is 2.06. The Morgan fingerprint density at radius 1 is 1.69 bits per heavy atom. The molecule has 0 aromatic carbocycles. The second-order valence-electron chi connectivity index (χ2n) is 3.62. The Balaban J connectivity index is 2.35. The lowest BCUT2D eigenvalue weighted by Gasteiger charge is -2.03. The molecule has 0 bridgehead atoms. The summed E-state index contributed by atoms with van der Waals surface area (Å²) in [6, 6.07) is 0. The summed E-state index contributed by atoms with van der Waals surface area (Å²) in [5.41, 5.74) is 2.22. The molecular weight excluding hydrogens is 184 g/mol. The number of fused-ring (bicyclic) bond motifs is 1. The van der Waals surface area contributed by atoms with E-state index in [0.717, 1.165) is 17.3 Å². The van der Waals surface area contributed by atoms with Crippen molar-refractivity contribution in [3.8, 4) is 0 Å². The minimum absolute atomic E-state index is 0.0788. The van der Waals surface area contributed by atoms with E-state index in [1.165, 1.54) is 5.69 Å². The fourth-order valence-corrected chi connectivity index (χ4v) is 2.54. The first-order valence-corrected chi connectivity index (χ1v) is 5.15. The van der Waals surface area contributed by atoms with Crippen LogP contribution in [0.25, 0.3) is 4.96 Å². The molecule has 4 heteroatoms. The van der Waals surface area contributed by atoms with Gasteiger partial charge in [0.25, 0.3) is 0 Å². The second kappa shape index (κ2) is 2.13. The minimum Gasteiger partial charge on any atom is -0.363 e. The van der Waals surface area contributed by atoms with Crippen LogP contribution in [0.4, 0.5) is 0 Å². The fraction of sp³-hybridized carbons (Fsp3) is 0.444. The number of aromatic nitrogens is 2. The van der Waals surface area contributed by atoms with E-state index in [1.54, 1.807) is 11.3 Å². The van der Waals surface area contributed by atoms with Gasteiger partial charge in [-0.2, -0.15) is 0 Å². The average molecular weight is 194 g/mol. The van der Waals surface area contributed by atoms with Crippen molar-refractivity contribution in [2.24, 2.45) is 0 Å². The highest BCUT2D eigenvalue weighted by molar-refractivity contribution is 7.15. The molecule has 0 aliphatic carbocycles. The third-order valence-electron chi connectivity index (χ3n) is 2.51. The van der Waals surface area contributed by atoms with E-state index in [0.29, 0.717) is 0 Å². The van der Waals surface area contributed by atoms with Crippen LogP contribution in [-0.2, 0) is 10.3 Å². The summed E-state index contributed by atoms with van der Waals surface area (Å²) in [5.74, 6) is 0. The molecule has 0 saturated carbocycles. The van der Waals surface area contributed by atoms with Crippen LogP contribution >= 0.6 is 11.3 Å². The molecule has 0 radical (unpaired) electrons. The molecule has 13 heavy (non-hydrogen) atoms. The zero-order valence-electron chi connectivity index (χ0n) is 7.57. The van der Waals surface area contributed by atoms with Crippen molar-refractivity contribution >= 4 is 16.3 Å². The standard InChI is InChI=1S/C9H10N2OS/c1-6-7(9(2)5-12-9)11-3-4-13-8(11)10-6/h3-4H,5H2,1-2H3. The largest absolute Gasteiger partial charge is 0.363 e. The summed E-state index contributed by atoms with van der Waals surface area (Å²) in [4.78, 5) is 5.54. The normalized spacial score (nSPS) is 26.9. The summed E-state index contributed by atoms with van der Waals surface area (Å²) in [5, 5.41) is 2.05. The molecule has 3 nitrogen and oxygen atoms in total. The highest BCUT2D eigenvalue weighted by Gasteiger charge is 2.45. The van der Waals surface area contributed by atoms with Gasteiger partial charge >= 0.3 is 0 Å². The van der Waals surface area contributed by atoms with Crippen molar-refractivity contribution < 1.29 is 4.74 Å². The number of hydrogen-bond donors (Lipinski definition) is 0. The van der Waals surface area contributed by atoms with Crippen LogP contribution in [0.5, 0.6) is 0 Å². The number of aryl methyl sites for hydroxylation is 1. The molecule has 0 N–H and O–H groups in total. The van der Waals surface area contributed by atoms with E-state index >= 15 is 0 Å². The molecule has 3 heterocycles. The van der Waals surface area contributed by atoms with Crippen LogP contribution in [0.15, 0.2) is 11.6 Å². The lowest BCUT2D eigenvalue weighted by Crippen LogP contribution is -2.07. The zero-order valence-corrected chi connectivity index (χ0v) is 8.39. The molecule has 0 amide bonds. The molecule has 2 aromatic rings. The number of nitrogens with zero attached hydrogens (tertiary/aromatic N) is 2. The maximum Gasteiger partial charge on any atom is 0.194 e. The van der Waals surface area contributed by atoms with Gasteiger partial charge in [0, 0.05) is 11.6 Å². The van der Waals surface area contributed by atoms with Crippen molar-refractivity contribution in [3.63, 3.8) is 0 Å². The Bertz CT molecular complexity index is 467. The molecule has 1 aliphatic rings. The summed E-state index contributed by atoms with van der Waals surface area (Å²) < 4.78 is 7.57. The topological polar surface area (TPSA) is 29.8 Å². The van der Waals surface area contributed by atoms with E-state index in [4.69, 9.17) is 4.74 Å². The molecule has 1 saturated heterocycles.